The van der Waals surface area contributed by atoms with Crippen molar-refractivity contribution in [1.29, 1.82) is 0 Å². The number of nitrogens with one attached hydrogen (secondary N) is 1. The SMILES string of the molecule is CN(C)CC(C)(C)CN1C(=O)NC(=O)C1=O. The second-order valence-electron chi connectivity index (χ2n) is 5.05. The molecule has 0 bridgehead atoms. The van der Waals surface area contributed by atoms with Crippen molar-refractivity contribution >= 4 is 17.8 Å². The van der Waals surface area contributed by atoms with Crippen molar-refractivity contribution in [2.75, 3.05) is 27.2 Å². The summed E-state index contributed by atoms with van der Waals surface area (Å²) in [6.45, 7) is 4.84. The Morgan fingerprint density at radius 2 is 1.81 bits per heavy atom. The van der Waals surface area contributed by atoms with Crippen LogP contribution in [0.25, 0.3) is 0 Å². The van der Waals surface area contributed by atoms with E-state index in [0.29, 0.717) is 0 Å². The van der Waals surface area contributed by atoms with Gasteiger partial charge in [0.05, 0.1) is 0 Å². The van der Waals surface area contributed by atoms with Crippen LogP contribution in [0.4, 0.5) is 4.79 Å². The second-order valence-corrected chi connectivity index (χ2v) is 5.05. The summed E-state index contributed by atoms with van der Waals surface area (Å²) >= 11 is 0. The van der Waals surface area contributed by atoms with Crippen LogP contribution in [0.2, 0.25) is 0 Å². The summed E-state index contributed by atoms with van der Waals surface area (Å²) in [4.78, 5) is 36.6. The van der Waals surface area contributed by atoms with E-state index in [0.717, 1.165) is 11.4 Å². The fraction of sp³-hybridized carbons (Fsp3) is 0.700. The molecule has 0 aromatic rings. The molecule has 0 atom stereocenters. The third-order valence-corrected chi connectivity index (χ3v) is 2.24. The van der Waals surface area contributed by atoms with Gasteiger partial charge in [-0.15, -0.1) is 0 Å². The molecule has 0 unspecified atom stereocenters. The average Bonchev–Trinajstić information content (AvgIpc) is 2.29. The molecule has 16 heavy (non-hydrogen) atoms. The van der Waals surface area contributed by atoms with Gasteiger partial charge in [-0.1, -0.05) is 13.8 Å². The van der Waals surface area contributed by atoms with Gasteiger partial charge in [-0.25, -0.2) is 4.79 Å². The van der Waals surface area contributed by atoms with Crippen LogP contribution in [0.1, 0.15) is 13.8 Å². The minimum atomic E-state index is -0.842. The summed E-state index contributed by atoms with van der Waals surface area (Å²) in [5.74, 6) is -1.61. The Hall–Kier alpha value is -1.43. The molecular weight excluding hydrogens is 210 g/mol. The van der Waals surface area contributed by atoms with Crippen molar-refractivity contribution in [2.24, 2.45) is 5.41 Å². The van der Waals surface area contributed by atoms with E-state index in [1.165, 1.54) is 0 Å². The van der Waals surface area contributed by atoms with Gasteiger partial charge in [0.2, 0.25) is 0 Å². The maximum absolute atomic E-state index is 11.4. The zero-order valence-corrected chi connectivity index (χ0v) is 10.0. The number of carbonyl (C=O) groups excluding carboxylic acids is 3. The van der Waals surface area contributed by atoms with E-state index in [2.05, 4.69) is 0 Å². The molecule has 1 aliphatic rings. The third kappa shape index (κ3) is 2.79. The van der Waals surface area contributed by atoms with E-state index in [1.807, 2.05) is 38.2 Å². The third-order valence-electron chi connectivity index (χ3n) is 2.24. The summed E-state index contributed by atoms with van der Waals surface area (Å²) in [5.41, 5.74) is -0.249. The van der Waals surface area contributed by atoms with Crippen LogP contribution < -0.4 is 5.32 Å². The van der Waals surface area contributed by atoms with Crippen molar-refractivity contribution in [3.63, 3.8) is 0 Å². The molecule has 90 valence electrons. The van der Waals surface area contributed by atoms with Gasteiger partial charge in [0, 0.05) is 13.1 Å². The van der Waals surface area contributed by atoms with Crippen LogP contribution in [-0.4, -0.2) is 54.8 Å². The minimum absolute atomic E-state index is 0.238. The van der Waals surface area contributed by atoms with Gasteiger partial charge < -0.3 is 4.90 Å². The zero-order chi connectivity index (χ0) is 12.5. The van der Waals surface area contributed by atoms with Crippen LogP contribution in [-0.2, 0) is 9.59 Å². The molecule has 1 aliphatic heterocycles. The number of amides is 4. The highest BCUT2D eigenvalue weighted by Crippen LogP contribution is 2.19. The normalized spacial score (nSPS) is 17.3. The molecule has 1 N–H and O–H groups in total. The smallest absolute Gasteiger partial charge is 0.309 e. The number of hydrogen-bond donors (Lipinski definition) is 1. The van der Waals surface area contributed by atoms with E-state index in [4.69, 9.17) is 0 Å². The molecule has 1 fully saturated rings. The van der Waals surface area contributed by atoms with Crippen LogP contribution in [0.15, 0.2) is 0 Å². The molecule has 0 spiro atoms. The lowest BCUT2D eigenvalue weighted by atomic mass is 9.92. The number of rotatable bonds is 4. The standard InChI is InChI=1S/C10H17N3O3/c1-10(2,5-12(3)4)6-13-8(15)7(14)11-9(13)16/h5-6H2,1-4H3,(H,11,14,16). The summed E-state index contributed by atoms with van der Waals surface area (Å²) in [7, 11) is 3.83. The zero-order valence-electron chi connectivity index (χ0n) is 10.0. The monoisotopic (exact) mass is 227 g/mol. The molecule has 0 radical (unpaired) electrons. The van der Waals surface area contributed by atoms with E-state index < -0.39 is 17.8 Å². The summed E-state index contributed by atoms with van der Waals surface area (Å²) in [6.07, 6.45) is 0. The number of urea groups is 1. The van der Waals surface area contributed by atoms with Gasteiger partial charge in [0.15, 0.2) is 0 Å². The maximum atomic E-state index is 11.4. The number of hydrogen-bond acceptors (Lipinski definition) is 4. The Labute approximate surface area is 94.6 Å². The lowest BCUT2D eigenvalue weighted by Gasteiger charge is -2.30. The predicted octanol–water partition coefficient (Wildman–Crippen LogP) is -0.347. The molecule has 1 rings (SSSR count). The summed E-state index contributed by atoms with van der Waals surface area (Å²) in [6, 6.07) is -0.623. The number of imide groups is 2. The van der Waals surface area contributed by atoms with Gasteiger partial charge in [-0.3, -0.25) is 19.8 Å². The molecule has 0 aliphatic carbocycles. The highest BCUT2D eigenvalue weighted by atomic mass is 16.2. The first kappa shape index (κ1) is 12.6. The Morgan fingerprint density at radius 1 is 1.25 bits per heavy atom. The Bertz CT molecular complexity index is 336. The summed E-state index contributed by atoms with van der Waals surface area (Å²) in [5, 5.41) is 1.98. The second kappa shape index (κ2) is 4.21. The molecule has 4 amide bonds. The van der Waals surface area contributed by atoms with Crippen molar-refractivity contribution in [3.8, 4) is 0 Å². The lowest BCUT2D eigenvalue weighted by Crippen LogP contribution is -2.43. The van der Waals surface area contributed by atoms with Crippen LogP contribution in [0.5, 0.6) is 0 Å². The molecule has 0 aromatic carbocycles. The first-order valence-electron chi connectivity index (χ1n) is 5.04. The van der Waals surface area contributed by atoms with Crippen molar-refractivity contribution in [3.05, 3.63) is 0 Å². The van der Waals surface area contributed by atoms with E-state index >= 15 is 0 Å². The first-order valence-corrected chi connectivity index (χ1v) is 5.04. The van der Waals surface area contributed by atoms with Gasteiger partial charge in [0.1, 0.15) is 0 Å². The van der Waals surface area contributed by atoms with Crippen LogP contribution in [0.3, 0.4) is 0 Å². The number of carbonyl (C=O) groups is 3. The molecule has 0 saturated carbocycles. The molecule has 6 nitrogen and oxygen atoms in total. The largest absolute Gasteiger partial charge is 0.331 e. The highest BCUT2D eigenvalue weighted by Gasteiger charge is 2.39. The molecule has 1 heterocycles. The summed E-state index contributed by atoms with van der Waals surface area (Å²) < 4.78 is 0. The van der Waals surface area contributed by atoms with Gasteiger partial charge in [0.25, 0.3) is 0 Å². The van der Waals surface area contributed by atoms with Crippen molar-refractivity contribution in [1.82, 2.24) is 15.1 Å². The quantitative estimate of drug-likeness (QED) is 0.526. The van der Waals surface area contributed by atoms with Gasteiger partial charge in [-0.05, 0) is 19.5 Å². The topological polar surface area (TPSA) is 69.7 Å². The molecular formula is C10H17N3O3. The molecule has 6 heteroatoms. The van der Waals surface area contributed by atoms with Gasteiger partial charge >= 0.3 is 17.8 Å². The number of nitrogens with zero attached hydrogens (tertiary/aromatic N) is 2. The highest BCUT2D eigenvalue weighted by molar-refractivity contribution is 6.44. The lowest BCUT2D eigenvalue weighted by molar-refractivity contribution is -0.140. The Morgan fingerprint density at radius 3 is 2.19 bits per heavy atom. The van der Waals surface area contributed by atoms with Crippen molar-refractivity contribution in [2.45, 2.75) is 13.8 Å². The predicted molar refractivity (Wildman–Crippen MR) is 57.6 cm³/mol. The minimum Gasteiger partial charge on any atom is -0.309 e. The Kier molecular flexibility index (Phi) is 3.32. The fourth-order valence-electron chi connectivity index (χ4n) is 1.91. The Balaban J connectivity index is 2.70. The maximum Gasteiger partial charge on any atom is 0.331 e. The van der Waals surface area contributed by atoms with E-state index in [-0.39, 0.29) is 12.0 Å². The first-order chi connectivity index (χ1) is 7.23. The van der Waals surface area contributed by atoms with E-state index in [1.54, 1.807) is 0 Å². The van der Waals surface area contributed by atoms with Crippen LogP contribution in [0, 0.1) is 5.41 Å². The fourth-order valence-corrected chi connectivity index (χ4v) is 1.91. The van der Waals surface area contributed by atoms with Crippen LogP contribution >= 0.6 is 0 Å². The average molecular weight is 227 g/mol. The van der Waals surface area contributed by atoms with E-state index in [9.17, 15) is 14.4 Å². The molecule has 0 aromatic heterocycles. The van der Waals surface area contributed by atoms with Crippen molar-refractivity contribution < 1.29 is 14.4 Å². The van der Waals surface area contributed by atoms with Gasteiger partial charge in [-0.2, -0.15) is 0 Å². The molecule has 1 saturated heterocycles.